The monoisotopic (exact) mass is 307 g/mol. The average molecular weight is 307 g/mol. The van der Waals surface area contributed by atoms with Gasteiger partial charge in [0.2, 0.25) is 0 Å². The molecule has 0 atom stereocenters. The van der Waals surface area contributed by atoms with Crippen molar-refractivity contribution in [2.45, 2.75) is 0 Å². The van der Waals surface area contributed by atoms with E-state index in [1.165, 1.54) is 23.0 Å². The second kappa shape index (κ2) is 4.88. The summed E-state index contributed by atoms with van der Waals surface area (Å²) in [5.74, 6) is -0.428. The number of halogens is 1. The van der Waals surface area contributed by atoms with Gasteiger partial charge in [0.15, 0.2) is 0 Å². The Morgan fingerprint density at radius 2 is 1.87 bits per heavy atom. The van der Waals surface area contributed by atoms with Crippen molar-refractivity contribution in [3.63, 3.8) is 0 Å². The number of rotatable bonds is 2. The molecule has 5 nitrogen and oxygen atoms in total. The molecule has 0 fully saturated rings. The summed E-state index contributed by atoms with van der Waals surface area (Å²) in [6.45, 7) is 0. The fourth-order valence-electron chi connectivity index (χ4n) is 2.81. The molecule has 0 amide bonds. The van der Waals surface area contributed by atoms with Crippen molar-refractivity contribution in [3.8, 4) is 11.4 Å². The molecule has 0 aliphatic heterocycles. The molecular weight excluding hydrogens is 297 g/mol. The number of aromatic nitrogens is 2. The summed E-state index contributed by atoms with van der Waals surface area (Å²) < 4.78 is 15.0. The van der Waals surface area contributed by atoms with Crippen LogP contribution in [0.25, 0.3) is 27.5 Å². The highest BCUT2D eigenvalue weighted by molar-refractivity contribution is 6.12. The molecular formula is C17H10FN3O2. The minimum absolute atomic E-state index is 0.0234. The smallest absolute Gasteiger partial charge is 0.149 e. The van der Waals surface area contributed by atoms with E-state index in [1.54, 1.807) is 36.4 Å². The Hall–Kier alpha value is -3.28. The van der Waals surface area contributed by atoms with E-state index in [9.17, 15) is 14.4 Å². The molecule has 0 aliphatic carbocycles. The molecule has 3 aromatic carbocycles. The zero-order chi connectivity index (χ0) is 16.0. The summed E-state index contributed by atoms with van der Waals surface area (Å²) in [7, 11) is 0. The van der Waals surface area contributed by atoms with E-state index in [2.05, 4.69) is 10.2 Å². The highest BCUT2D eigenvalue weighted by Crippen LogP contribution is 2.42. The molecule has 0 aliphatic rings. The molecule has 4 rings (SSSR count). The largest absolute Gasteiger partial charge is 0.505 e. The Balaban J connectivity index is 2.18. The number of benzene rings is 3. The summed E-state index contributed by atoms with van der Waals surface area (Å²) in [5, 5.41) is 14.7. The van der Waals surface area contributed by atoms with E-state index in [0.717, 1.165) is 0 Å². The van der Waals surface area contributed by atoms with Gasteiger partial charge in [-0.25, -0.2) is 9.37 Å². The van der Waals surface area contributed by atoms with Crippen LogP contribution < -0.4 is 0 Å². The van der Waals surface area contributed by atoms with Crippen molar-refractivity contribution >= 4 is 27.5 Å². The number of hydrogen-bond donors (Lipinski definition) is 1. The van der Waals surface area contributed by atoms with Crippen molar-refractivity contribution in [1.82, 2.24) is 9.55 Å². The molecule has 0 bridgehead atoms. The predicted octanol–water partition coefficient (Wildman–Crippen LogP) is 4.42. The van der Waals surface area contributed by atoms with Crippen LogP contribution in [0.5, 0.6) is 5.75 Å². The van der Waals surface area contributed by atoms with Gasteiger partial charge in [0.05, 0.1) is 5.69 Å². The number of fused-ring (bicyclic) bond motifs is 2. The highest BCUT2D eigenvalue weighted by Gasteiger charge is 2.19. The lowest BCUT2D eigenvalue weighted by Gasteiger charge is -2.09. The van der Waals surface area contributed by atoms with Gasteiger partial charge in [0.25, 0.3) is 0 Å². The van der Waals surface area contributed by atoms with Gasteiger partial charge in [0, 0.05) is 10.8 Å². The van der Waals surface area contributed by atoms with Gasteiger partial charge in [0.1, 0.15) is 34.6 Å². The molecule has 1 heterocycles. The fourth-order valence-corrected chi connectivity index (χ4v) is 2.81. The maximum Gasteiger partial charge on any atom is 0.149 e. The predicted molar refractivity (Wildman–Crippen MR) is 85.7 cm³/mol. The lowest BCUT2D eigenvalue weighted by Crippen LogP contribution is -1.93. The van der Waals surface area contributed by atoms with E-state index in [-0.39, 0.29) is 17.0 Å². The van der Waals surface area contributed by atoms with Crippen LogP contribution in [0.15, 0.2) is 60.0 Å². The standard InChI is InChI=1S/C17H10FN3O2/c18-10-4-3-5-11(8-10)21-9-19-15-14(20-23)12-6-1-2-7-13(12)17(22)16(15)21/h1-9,22H. The Morgan fingerprint density at radius 3 is 2.61 bits per heavy atom. The first-order valence-electron chi connectivity index (χ1n) is 6.90. The molecule has 0 saturated carbocycles. The first-order chi connectivity index (χ1) is 11.2. The number of aromatic hydroxyl groups is 1. The van der Waals surface area contributed by atoms with Gasteiger partial charge in [-0.3, -0.25) is 4.57 Å². The van der Waals surface area contributed by atoms with Crippen molar-refractivity contribution in [2.75, 3.05) is 0 Å². The van der Waals surface area contributed by atoms with E-state index < -0.39 is 5.82 Å². The summed E-state index contributed by atoms with van der Waals surface area (Å²) in [6.07, 6.45) is 1.44. The molecule has 0 spiro atoms. The van der Waals surface area contributed by atoms with Crippen molar-refractivity contribution in [3.05, 3.63) is 65.6 Å². The second-order valence-corrected chi connectivity index (χ2v) is 5.13. The van der Waals surface area contributed by atoms with E-state index in [1.807, 2.05) is 0 Å². The highest BCUT2D eigenvalue weighted by atomic mass is 19.1. The number of nitroso groups, excluding NO2 is 1. The lowest BCUT2D eigenvalue weighted by molar-refractivity contribution is 0.486. The summed E-state index contributed by atoms with van der Waals surface area (Å²) in [6, 6.07) is 12.8. The second-order valence-electron chi connectivity index (χ2n) is 5.13. The van der Waals surface area contributed by atoms with Crippen molar-refractivity contribution in [2.24, 2.45) is 5.18 Å². The SMILES string of the molecule is O=Nc1c2ccccc2c(O)c2c1ncn2-c1cccc(F)c1. The fraction of sp³-hybridized carbons (Fsp3) is 0. The van der Waals surface area contributed by atoms with E-state index in [4.69, 9.17) is 0 Å². The Morgan fingerprint density at radius 1 is 1.09 bits per heavy atom. The molecule has 1 N–H and O–H groups in total. The van der Waals surface area contributed by atoms with Crippen LogP contribution in [0, 0.1) is 10.7 Å². The van der Waals surface area contributed by atoms with Gasteiger partial charge < -0.3 is 5.11 Å². The average Bonchev–Trinajstić information content (AvgIpc) is 3.01. The minimum Gasteiger partial charge on any atom is -0.505 e. The Labute approximate surface area is 129 Å². The third kappa shape index (κ3) is 1.88. The number of nitrogens with zero attached hydrogens (tertiary/aromatic N) is 3. The third-order valence-electron chi connectivity index (χ3n) is 3.83. The van der Waals surface area contributed by atoms with Crippen LogP contribution in [0.1, 0.15) is 0 Å². The maximum absolute atomic E-state index is 13.5. The van der Waals surface area contributed by atoms with Crippen LogP contribution in [0.2, 0.25) is 0 Å². The Bertz CT molecular complexity index is 1070. The quantitative estimate of drug-likeness (QED) is 0.557. The van der Waals surface area contributed by atoms with Crippen LogP contribution in [0.4, 0.5) is 10.1 Å². The normalized spacial score (nSPS) is 11.2. The molecule has 1 aromatic heterocycles. The number of phenolic OH excluding ortho intramolecular Hbond substituents is 1. The molecule has 112 valence electrons. The molecule has 0 saturated heterocycles. The lowest BCUT2D eigenvalue weighted by atomic mass is 10.1. The number of imidazole rings is 1. The molecule has 0 radical (unpaired) electrons. The molecule has 6 heteroatoms. The van der Waals surface area contributed by atoms with Crippen LogP contribution in [-0.4, -0.2) is 14.7 Å². The first kappa shape index (κ1) is 13.4. The summed E-state index contributed by atoms with van der Waals surface area (Å²) >= 11 is 0. The van der Waals surface area contributed by atoms with Gasteiger partial charge >= 0.3 is 0 Å². The number of phenols is 1. The topological polar surface area (TPSA) is 67.5 Å². The van der Waals surface area contributed by atoms with Gasteiger partial charge in [-0.15, -0.1) is 4.91 Å². The van der Waals surface area contributed by atoms with E-state index >= 15 is 0 Å². The minimum atomic E-state index is -0.404. The van der Waals surface area contributed by atoms with Gasteiger partial charge in [-0.2, -0.15) is 0 Å². The molecule has 4 aromatic rings. The zero-order valence-corrected chi connectivity index (χ0v) is 11.8. The maximum atomic E-state index is 13.5. The van der Waals surface area contributed by atoms with Crippen LogP contribution in [0.3, 0.4) is 0 Å². The van der Waals surface area contributed by atoms with Gasteiger partial charge in [-0.05, 0) is 23.4 Å². The zero-order valence-electron chi connectivity index (χ0n) is 11.8. The summed E-state index contributed by atoms with van der Waals surface area (Å²) in [5.41, 5.74) is 1.25. The molecule has 23 heavy (non-hydrogen) atoms. The Kier molecular flexibility index (Phi) is 2.84. The van der Waals surface area contributed by atoms with Gasteiger partial charge in [-0.1, -0.05) is 30.3 Å². The summed E-state index contributed by atoms with van der Waals surface area (Å²) in [4.78, 5) is 15.5. The van der Waals surface area contributed by atoms with Crippen LogP contribution >= 0.6 is 0 Å². The molecule has 0 unspecified atom stereocenters. The third-order valence-corrected chi connectivity index (χ3v) is 3.83. The van der Waals surface area contributed by atoms with E-state index in [0.29, 0.717) is 22.0 Å². The van der Waals surface area contributed by atoms with Crippen molar-refractivity contribution < 1.29 is 9.50 Å². The van der Waals surface area contributed by atoms with Crippen molar-refractivity contribution in [1.29, 1.82) is 0 Å². The van der Waals surface area contributed by atoms with Crippen LogP contribution in [-0.2, 0) is 0 Å². The number of hydrogen-bond acceptors (Lipinski definition) is 4. The first-order valence-corrected chi connectivity index (χ1v) is 6.90.